The number of fused-ring (bicyclic) bond motifs is 1. The van der Waals surface area contributed by atoms with Gasteiger partial charge >= 0.3 is 0 Å². The van der Waals surface area contributed by atoms with Gasteiger partial charge in [0.2, 0.25) is 5.95 Å². The van der Waals surface area contributed by atoms with Crippen molar-refractivity contribution in [3.63, 3.8) is 0 Å². The number of anilines is 2. The van der Waals surface area contributed by atoms with E-state index < -0.39 is 0 Å². The van der Waals surface area contributed by atoms with Gasteiger partial charge in [-0.3, -0.25) is 4.79 Å². The monoisotopic (exact) mass is 448 g/mol. The molecule has 9 nitrogen and oxygen atoms in total. The van der Waals surface area contributed by atoms with E-state index in [0.717, 1.165) is 42.1 Å². The Morgan fingerprint density at radius 1 is 1.03 bits per heavy atom. The Bertz CT molecular complexity index is 1160. The van der Waals surface area contributed by atoms with Crippen LogP contribution in [0.15, 0.2) is 36.4 Å². The van der Waals surface area contributed by atoms with E-state index in [-0.39, 0.29) is 11.9 Å². The van der Waals surface area contributed by atoms with Crippen LogP contribution < -0.4 is 15.1 Å². The summed E-state index contributed by atoms with van der Waals surface area (Å²) in [5.41, 5.74) is 2.87. The van der Waals surface area contributed by atoms with Crippen LogP contribution >= 0.6 is 0 Å². The molecule has 2 fully saturated rings. The van der Waals surface area contributed by atoms with Gasteiger partial charge in [-0.15, -0.1) is 0 Å². The van der Waals surface area contributed by atoms with Crippen molar-refractivity contribution in [2.24, 2.45) is 0 Å². The number of carbonyl (C=O) groups is 1. The van der Waals surface area contributed by atoms with Crippen molar-refractivity contribution in [1.82, 2.24) is 20.3 Å². The highest BCUT2D eigenvalue weighted by Gasteiger charge is 2.25. The molecule has 2 saturated heterocycles. The molecule has 2 aliphatic rings. The summed E-state index contributed by atoms with van der Waals surface area (Å²) in [5.74, 6) is 1.43. The van der Waals surface area contributed by atoms with Crippen LogP contribution in [0.4, 0.5) is 11.8 Å². The Morgan fingerprint density at radius 2 is 1.85 bits per heavy atom. The molecule has 9 heteroatoms. The van der Waals surface area contributed by atoms with Crippen LogP contribution in [0, 0.1) is 0 Å². The highest BCUT2D eigenvalue weighted by Crippen LogP contribution is 2.30. The molecule has 0 aliphatic carbocycles. The SMILES string of the molecule is CNC(=O)c1cccc(-c2ccc3c(N4CCOCC4)nc(N4CCOCC4C)nc3n2)c1. The Morgan fingerprint density at radius 3 is 2.64 bits per heavy atom. The minimum atomic E-state index is -0.127. The average Bonchev–Trinajstić information content (AvgIpc) is 2.88. The minimum Gasteiger partial charge on any atom is -0.378 e. The molecule has 1 unspecified atom stereocenters. The third kappa shape index (κ3) is 4.34. The molecule has 2 aromatic heterocycles. The topological polar surface area (TPSA) is 92.7 Å². The highest BCUT2D eigenvalue weighted by atomic mass is 16.5. The predicted octanol–water partition coefficient (Wildman–Crippen LogP) is 2.11. The first-order valence-electron chi connectivity index (χ1n) is 11.3. The number of aromatic nitrogens is 3. The minimum absolute atomic E-state index is 0.127. The highest BCUT2D eigenvalue weighted by molar-refractivity contribution is 5.95. The van der Waals surface area contributed by atoms with Gasteiger partial charge < -0.3 is 24.6 Å². The number of benzene rings is 1. The third-order valence-corrected chi connectivity index (χ3v) is 6.11. The van der Waals surface area contributed by atoms with Crippen LogP contribution in [-0.2, 0) is 9.47 Å². The molecular weight excluding hydrogens is 420 g/mol. The third-order valence-electron chi connectivity index (χ3n) is 6.11. The molecule has 4 heterocycles. The lowest BCUT2D eigenvalue weighted by atomic mass is 10.1. The molecule has 3 aromatic rings. The molecular formula is C24H28N6O3. The smallest absolute Gasteiger partial charge is 0.251 e. The maximum Gasteiger partial charge on any atom is 0.251 e. The van der Waals surface area contributed by atoms with Gasteiger partial charge in [0.25, 0.3) is 5.91 Å². The zero-order valence-corrected chi connectivity index (χ0v) is 19.0. The number of nitrogens with one attached hydrogen (secondary N) is 1. The number of ether oxygens (including phenoxy) is 2. The Labute approximate surface area is 192 Å². The molecule has 0 radical (unpaired) electrons. The lowest BCUT2D eigenvalue weighted by Crippen LogP contribution is -2.45. The van der Waals surface area contributed by atoms with Crippen molar-refractivity contribution in [2.45, 2.75) is 13.0 Å². The fourth-order valence-corrected chi connectivity index (χ4v) is 4.28. The van der Waals surface area contributed by atoms with Gasteiger partial charge in [0, 0.05) is 37.8 Å². The van der Waals surface area contributed by atoms with E-state index in [2.05, 4.69) is 22.0 Å². The summed E-state index contributed by atoms with van der Waals surface area (Å²) < 4.78 is 11.2. The second kappa shape index (κ2) is 9.29. The number of hydrogen-bond donors (Lipinski definition) is 1. The molecule has 0 bridgehead atoms. The summed E-state index contributed by atoms with van der Waals surface area (Å²) in [6, 6.07) is 11.6. The van der Waals surface area contributed by atoms with Gasteiger partial charge in [-0.25, -0.2) is 4.98 Å². The van der Waals surface area contributed by atoms with E-state index in [9.17, 15) is 4.79 Å². The second-order valence-corrected chi connectivity index (χ2v) is 8.29. The summed E-state index contributed by atoms with van der Waals surface area (Å²) in [6.45, 7) is 7.06. The lowest BCUT2D eigenvalue weighted by Gasteiger charge is -2.34. The van der Waals surface area contributed by atoms with Gasteiger partial charge in [0.05, 0.1) is 43.5 Å². The van der Waals surface area contributed by atoms with Gasteiger partial charge in [-0.05, 0) is 31.2 Å². The number of amides is 1. The number of pyridine rings is 1. The van der Waals surface area contributed by atoms with E-state index >= 15 is 0 Å². The molecule has 172 valence electrons. The van der Waals surface area contributed by atoms with E-state index in [0.29, 0.717) is 43.6 Å². The van der Waals surface area contributed by atoms with Crippen molar-refractivity contribution in [2.75, 3.05) is 62.9 Å². The number of rotatable bonds is 4. The maximum atomic E-state index is 12.1. The first-order chi connectivity index (χ1) is 16.1. The summed E-state index contributed by atoms with van der Waals surface area (Å²) in [7, 11) is 1.63. The maximum absolute atomic E-state index is 12.1. The molecule has 1 N–H and O–H groups in total. The molecule has 0 saturated carbocycles. The van der Waals surface area contributed by atoms with Crippen molar-refractivity contribution in [3.05, 3.63) is 42.0 Å². The van der Waals surface area contributed by atoms with Crippen LogP contribution in [0.2, 0.25) is 0 Å². The Balaban J connectivity index is 1.61. The fraction of sp³-hybridized carbons (Fsp3) is 0.417. The van der Waals surface area contributed by atoms with Gasteiger partial charge in [0.1, 0.15) is 5.82 Å². The average molecular weight is 449 g/mol. The summed E-state index contributed by atoms with van der Waals surface area (Å²) in [6.07, 6.45) is 0. The summed E-state index contributed by atoms with van der Waals surface area (Å²) >= 11 is 0. The fourth-order valence-electron chi connectivity index (χ4n) is 4.28. The Kier molecular flexibility index (Phi) is 6.06. The van der Waals surface area contributed by atoms with Crippen molar-refractivity contribution in [1.29, 1.82) is 0 Å². The molecule has 2 aliphatic heterocycles. The van der Waals surface area contributed by atoms with Gasteiger partial charge in [-0.1, -0.05) is 12.1 Å². The van der Waals surface area contributed by atoms with Crippen LogP contribution in [0.25, 0.3) is 22.3 Å². The van der Waals surface area contributed by atoms with Crippen molar-refractivity contribution in [3.8, 4) is 11.3 Å². The second-order valence-electron chi connectivity index (χ2n) is 8.29. The molecule has 1 aromatic carbocycles. The van der Waals surface area contributed by atoms with Gasteiger partial charge in [-0.2, -0.15) is 9.97 Å². The van der Waals surface area contributed by atoms with Crippen LogP contribution in [0.3, 0.4) is 0 Å². The first kappa shape index (κ1) is 21.5. The number of carbonyl (C=O) groups excluding carboxylic acids is 1. The molecule has 0 spiro atoms. The summed E-state index contributed by atoms with van der Waals surface area (Å²) in [5, 5.41) is 3.58. The number of morpholine rings is 2. The number of hydrogen-bond acceptors (Lipinski definition) is 8. The van der Waals surface area contributed by atoms with Crippen molar-refractivity contribution >= 4 is 28.7 Å². The van der Waals surface area contributed by atoms with E-state index in [1.165, 1.54) is 0 Å². The lowest BCUT2D eigenvalue weighted by molar-refractivity contribution is 0.0963. The summed E-state index contributed by atoms with van der Waals surface area (Å²) in [4.78, 5) is 31.3. The number of nitrogens with zero attached hydrogens (tertiary/aromatic N) is 5. The molecule has 1 atom stereocenters. The largest absolute Gasteiger partial charge is 0.378 e. The van der Waals surface area contributed by atoms with E-state index in [1.807, 2.05) is 30.3 Å². The molecule has 1 amide bonds. The van der Waals surface area contributed by atoms with E-state index in [4.69, 9.17) is 24.4 Å². The van der Waals surface area contributed by atoms with Crippen LogP contribution in [0.5, 0.6) is 0 Å². The zero-order valence-electron chi connectivity index (χ0n) is 19.0. The van der Waals surface area contributed by atoms with Gasteiger partial charge in [0.15, 0.2) is 5.65 Å². The first-order valence-corrected chi connectivity index (χ1v) is 11.3. The normalized spacial score (nSPS) is 19.0. The quantitative estimate of drug-likeness (QED) is 0.649. The van der Waals surface area contributed by atoms with E-state index in [1.54, 1.807) is 13.1 Å². The van der Waals surface area contributed by atoms with Crippen LogP contribution in [0.1, 0.15) is 17.3 Å². The predicted molar refractivity (Wildman–Crippen MR) is 127 cm³/mol. The van der Waals surface area contributed by atoms with Crippen molar-refractivity contribution < 1.29 is 14.3 Å². The zero-order chi connectivity index (χ0) is 22.8. The molecule has 33 heavy (non-hydrogen) atoms. The molecule has 5 rings (SSSR count). The Hall–Kier alpha value is -3.30. The standard InChI is InChI=1S/C24H28N6O3/c1-16-15-33-13-10-30(16)24-27-21-19(22(28-24)29-8-11-32-12-9-29)6-7-20(26-21)17-4-3-5-18(14-17)23(31)25-2/h3-7,14,16H,8-13,15H2,1-2H3,(H,25,31). The van der Waals surface area contributed by atoms with Crippen LogP contribution in [-0.4, -0.2) is 80.0 Å².